The lowest BCUT2D eigenvalue weighted by molar-refractivity contribution is -0.385. The molecule has 0 amide bonds. The number of carbonyl (C=O) groups is 1. The lowest BCUT2D eigenvalue weighted by Gasteiger charge is -2.11. The van der Waals surface area contributed by atoms with Gasteiger partial charge in [0, 0.05) is 18.3 Å². The SMILES string of the molecule is CCOC(=O)c1c(N)cc(NCc2ccc(F)cc2)cc1[N+](=O)[O-]. The van der Waals surface area contributed by atoms with Crippen LogP contribution in [0.5, 0.6) is 0 Å². The fourth-order valence-corrected chi connectivity index (χ4v) is 2.13. The number of nitro benzene ring substituents is 1. The number of rotatable bonds is 6. The molecule has 0 heterocycles. The van der Waals surface area contributed by atoms with Gasteiger partial charge in [-0.15, -0.1) is 0 Å². The van der Waals surface area contributed by atoms with E-state index in [1.165, 1.54) is 24.3 Å². The van der Waals surface area contributed by atoms with E-state index in [4.69, 9.17) is 10.5 Å². The third-order valence-corrected chi connectivity index (χ3v) is 3.23. The molecule has 0 unspecified atom stereocenters. The lowest BCUT2D eigenvalue weighted by Crippen LogP contribution is -2.12. The van der Waals surface area contributed by atoms with Crippen LogP contribution in [0.15, 0.2) is 36.4 Å². The zero-order valence-corrected chi connectivity index (χ0v) is 12.9. The summed E-state index contributed by atoms with van der Waals surface area (Å²) in [5.74, 6) is -1.19. The summed E-state index contributed by atoms with van der Waals surface area (Å²) in [4.78, 5) is 22.4. The zero-order valence-electron chi connectivity index (χ0n) is 12.9. The van der Waals surface area contributed by atoms with E-state index in [9.17, 15) is 19.3 Å². The molecule has 0 aromatic heterocycles. The number of hydrogen-bond acceptors (Lipinski definition) is 6. The largest absolute Gasteiger partial charge is 0.462 e. The van der Waals surface area contributed by atoms with Gasteiger partial charge in [-0.05, 0) is 30.7 Å². The normalized spacial score (nSPS) is 10.2. The topological polar surface area (TPSA) is 107 Å². The predicted octanol–water partition coefficient (Wildman–Crippen LogP) is 3.10. The Labute approximate surface area is 137 Å². The van der Waals surface area contributed by atoms with Crippen LogP contribution in [-0.4, -0.2) is 17.5 Å². The van der Waals surface area contributed by atoms with E-state index < -0.39 is 16.6 Å². The van der Waals surface area contributed by atoms with Crippen molar-refractivity contribution in [3.8, 4) is 0 Å². The maximum atomic E-state index is 12.9. The van der Waals surface area contributed by atoms with Crippen molar-refractivity contribution in [3.05, 3.63) is 63.5 Å². The molecule has 0 atom stereocenters. The molecule has 0 aliphatic heterocycles. The Morgan fingerprint density at radius 2 is 2.00 bits per heavy atom. The quantitative estimate of drug-likeness (QED) is 0.364. The molecule has 8 heteroatoms. The predicted molar refractivity (Wildman–Crippen MR) is 87.2 cm³/mol. The summed E-state index contributed by atoms with van der Waals surface area (Å²) in [6.07, 6.45) is 0. The highest BCUT2D eigenvalue weighted by Crippen LogP contribution is 2.30. The minimum Gasteiger partial charge on any atom is -0.462 e. The van der Waals surface area contributed by atoms with Crippen LogP contribution in [0, 0.1) is 15.9 Å². The van der Waals surface area contributed by atoms with Crippen molar-refractivity contribution in [2.75, 3.05) is 17.7 Å². The van der Waals surface area contributed by atoms with Gasteiger partial charge in [-0.2, -0.15) is 0 Å². The van der Waals surface area contributed by atoms with Gasteiger partial charge in [0.2, 0.25) is 0 Å². The Balaban J connectivity index is 2.27. The number of benzene rings is 2. The molecule has 2 aromatic rings. The molecule has 0 saturated carbocycles. The van der Waals surface area contributed by atoms with Crippen LogP contribution in [0.25, 0.3) is 0 Å². The fraction of sp³-hybridized carbons (Fsp3) is 0.188. The Hall–Kier alpha value is -3.16. The second-order valence-corrected chi connectivity index (χ2v) is 4.92. The molecule has 0 saturated heterocycles. The number of halogens is 1. The van der Waals surface area contributed by atoms with Gasteiger partial charge >= 0.3 is 5.97 Å². The molecule has 0 fully saturated rings. The molecule has 0 bridgehead atoms. The van der Waals surface area contributed by atoms with E-state index in [2.05, 4.69) is 5.32 Å². The van der Waals surface area contributed by atoms with Crippen LogP contribution in [-0.2, 0) is 11.3 Å². The van der Waals surface area contributed by atoms with E-state index >= 15 is 0 Å². The van der Waals surface area contributed by atoms with Gasteiger partial charge in [0.05, 0.1) is 17.2 Å². The Morgan fingerprint density at radius 3 is 2.58 bits per heavy atom. The highest BCUT2D eigenvalue weighted by atomic mass is 19.1. The number of nitrogens with zero attached hydrogens (tertiary/aromatic N) is 1. The first-order valence-corrected chi connectivity index (χ1v) is 7.15. The van der Waals surface area contributed by atoms with Crippen molar-refractivity contribution >= 4 is 23.0 Å². The van der Waals surface area contributed by atoms with E-state index in [0.717, 1.165) is 5.56 Å². The maximum absolute atomic E-state index is 12.9. The van der Waals surface area contributed by atoms with Crippen LogP contribution in [0.4, 0.5) is 21.5 Å². The van der Waals surface area contributed by atoms with Crippen molar-refractivity contribution in [1.29, 1.82) is 0 Å². The van der Waals surface area contributed by atoms with Crippen molar-refractivity contribution in [1.82, 2.24) is 0 Å². The minimum absolute atomic E-state index is 0.0516. The van der Waals surface area contributed by atoms with Crippen LogP contribution in [0.3, 0.4) is 0 Å². The molecule has 0 spiro atoms. The maximum Gasteiger partial charge on any atom is 0.347 e. The van der Waals surface area contributed by atoms with Crippen LogP contribution in [0.2, 0.25) is 0 Å². The zero-order chi connectivity index (χ0) is 17.7. The van der Waals surface area contributed by atoms with Crippen molar-refractivity contribution in [3.63, 3.8) is 0 Å². The van der Waals surface area contributed by atoms with E-state index in [0.29, 0.717) is 12.2 Å². The molecule has 3 N–H and O–H groups in total. The lowest BCUT2D eigenvalue weighted by atomic mass is 10.1. The highest BCUT2D eigenvalue weighted by Gasteiger charge is 2.25. The molecule has 0 radical (unpaired) electrons. The summed E-state index contributed by atoms with van der Waals surface area (Å²) in [5.41, 5.74) is 6.19. The standard InChI is InChI=1S/C16H16FN3O4/c1-2-24-16(21)15-13(18)7-12(8-14(15)20(22)23)19-9-10-3-5-11(17)6-4-10/h3-8,19H,2,9,18H2,1H3. The first kappa shape index (κ1) is 17.2. The average molecular weight is 333 g/mol. The summed E-state index contributed by atoms with van der Waals surface area (Å²) in [7, 11) is 0. The van der Waals surface area contributed by atoms with E-state index in [-0.39, 0.29) is 23.7 Å². The summed E-state index contributed by atoms with van der Waals surface area (Å²) in [5, 5.41) is 14.2. The molecule has 7 nitrogen and oxygen atoms in total. The number of ether oxygens (including phenoxy) is 1. The van der Waals surface area contributed by atoms with Crippen molar-refractivity contribution in [2.45, 2.75) is 13.5 Å². The second kappa shape index (κ2) is 7.40. The fourth-order valence-electron chi connectivity index (χ4n) is 2.13. The van der Waals surface area contributed by atoms with Crippen molar-refractivity contribution < 1.29 is 18.8 Å². The molecule has 2 rings (SSSR count). The Kier molecular flexibility index (Phi) is 5.31. The monoisotopic (exact) mass is 333 g/mol. The van der Waals surface area contributed by atoms with Gasteiger partial charge in [0.15, 0.2) is 5.56 Å². The third kappa shape index (κ3) is 3.97. The smallest absolute Gasteiger partial charge is 0.347 e. The van der Waals surface area contributed by atoms with Gasteiger partial charge in [0.1, 0.15) is 5.82 Å². The highest BCUT2D eigenvalue weighted by molar-refractivity contribution is 6.00. The molecule has 126 valence electrons. The summed E-state index contributed by atoms with van der Waals surface area (Å²) >= 11 is 0. The first-order valence-electron chi connectivity index (χ1n) is 7.15. The number of nitro groups is 1. The summed E-state index contributed by atoms with van der Waals surface area (Å²) in [6, 6.07) is 8.45. The van der Waals surface area contributed by atoms with Crippen molar-refractivity contribution in [2.24, 2.45) is 0 Å². The number of nitrogen functional groups attached to an aromatic ring is 1. The minimum atomic E-state index is -0.841. The molecule has 0 aliphatic rings. The Bertz CT molecular complexity index is 763. The van der Waals surface area contributed by atoms with Crippen LogP contribution >= 0.6 is 0 Å². The molecule has 0 aliphatic carbocycles. The van der Waals surface area contributed by atoms with Gasteiger partial charge in [-0.25, -0.2) is 9.18 Å². The van der Waals surface area contributed by atoms with Gasteiger partial charge in [0.25, 0.3) is 5.69 Å². The van der Waals surface area contributed by atoms with Crippen LogP contribution in [0.1, 0.15) is 22.8 Å². The molecular formula is C16H16FN3O4. The van der Waals surface area contributed by atoms with Gasteiger partial charge in [-0.1, -0.05) is 12.1 Å². The number of anilines is 2. The molecule has 24 heavy (non-hydrogen) atoms. The summed E-state index contributed by atoms with van der Waals surface area (Å²) in [6.45, 7) is 1.99. The molecule has 2 aromatic carbocycles. The number of nitrogens with one attached hydrogen (secondary N) is 1. The third-order valence-electron chi connectivity index (χ3n) is 3.23. The Morgan fingerprint density at radius 1 is 1.33 bits per heavy atom. The number of carbonyl (C=O) groups excluding carboxylic acids is 1. The first-order chi connectivity index (χ1) is 11.4. The van der Waals surface area contributed by atoms with Gasteiger partial charge < -0.3 is 15.8 Å². The van der Waals surface area contributed by atoms with E-state index in [1.807, 2.05) is 0 Å². The summed E-state index contributed by atoms with van der Waals surface area (Å²) < 4.78 is 17.7. The van der Waals surface area contributed by atoms with Gasteiger partial charge in [-0.3, -0.25) is 10.1 Å². The number of esters is 1. The average Bonchev–Trinajstić information content (AvgIpc) is 2.53. The van der Waals surface area contributed by atoms with Crippen LogP contribution < -0.4 is 11.1 Å². The number of hydrogen-bond donors (Lipinski definition) is 2. The molecular weight excluding hydrogens is 317 g/mol. The second-order valence-electron chi connectivity index (χ2n) is 4.92. The number of nitrogens with two attached hydrogens (primary N) is 1. The van der Waals surface area contributed by atoms with E-state index in [1.54, 1.807) is 19.1 Å².